The maximum absolute atomic E-state index is 12.4. The summed E-state index contributed by atoms with van der Waals surface area (Å²) < 4.78 is 10.5. The number of carbonyl (C=O) groups excluding carboxylic acids is 1. The lowest BCUT2D eigenvalue weighted by Gasteiger charge is -2.26. The van der Waals surface area contributed by atoms with Crippen LogP contribution >= 0.6 is 12.2 Å². The third-order valence-corrected chi connectivity index (χ3v) is 4.32. The lowest BCUT2D eigenvalue weighted by molar-refractivity contribution is -0.144. The number of hydrazine groups is 1. The van der Waals surface area contributed by atoms with Crippen LogP contribution in [0.1, 0.15) is 13.3 Å². The van der Waals surface area contributed by atoms with E-state index in [-0.39, 0.29) is 6.10 Å². The van der Waals surface area contributed by atoms with Crippen LogP contribution in [0, 0.1) is 0 Å². The molecule has 0 radical (unpaired) electrons. The molecule has 0 saturated heterocycles. The first-order valence-electron chi connectivity index (χ1n) is 8.53. The van der Waals surface area contributed by atoms with Gasteiger partial charge in [-0.05, 0) is 43.3 Å². The van der Waals surface area contributed by atoms with Gasteiger partial charge in [-0.15, -0.1) is 0 Å². The highest BCUT2D eigenvalue weighted by Crippen LogP contribution is 2.23. The molecule has 0 aliphatic carbocycles. The third kappa shape index (κ3) is 4.77. The molecule has 3 N–H and O–H groups in total. The molecule has 2 aromatic rings. The number of anilines is 2. The van der Waals surface area contributed by atoms with E-state index in [2.05, 4.69) is 16.2 Å². The molecule has 1 atom stereocenters. The zero-order valence-electron chi connectivity index (χ0n) is 15.1. The highest BCUT2D eigenvalue weighted by Gasteiger charge is 2.29. The van der Waals surface area contributed by atoms with Gasteiger partial charge in [0.15, 0.2) is 0 Å². The van der Waals surface area contributed by atoms with Crippen molar-refractivity contribution in [1.82, 2.24) is 5.43 Å². The number of carbonyl (C=O) groups is 1. The minimum Gasteiger partial charge on any atom is -0.497 e. The van der Waals surface area contributed by atoms with Gasteiger partial charge >= 0.3 is 5.97 Å². The van der Waals surface area contributed by atoms with Gasteiger partial charge in [-0.3, -0.25) is 0 Å². The number of rotatable bonds is 6. The molecular formula is C20H21N3O3S. The van der Waals surface area contributed by atoms with Crippen LogP contribution in [0.4, 0.5) is 11.4 Å². The second-order valence-corrected chi connectivity index (χ2v) is 6.48. The Morgan fingerprint density at radius 1 is 1.07 bits per heavy atom. The molecule has 6 nitrogen and oxygen atoms in total. The second kappa shape index (κ2) is 8.55. The van der Waals surface area contributed by atoms with Crippen molar-refractivity contribution in [1.29, 1.82) is 0 Å². The fourth-order valence-electron chi connectivity index (χ4n) is 2.68. The summed E-state index contributed by atoms with van der Waals surface area (Å²) in [4.78, 5) is 12.8. The molecule has 0 aromatic heterocycles. The van der Waals surface area contributed by atoms with Gasteiger partial charge < -0.3 is 25.6 Å². The lowest BCUT2D eigenvalue weighted by atomic mass is 10.1. The number of hydrogen-bond donors (Lipinski definition) is 3. The summed E-state index contributed by atoms with van der Waals surface area (Å²) in [7, 11) is 1.62. The first-order valence-corrected chi connectivity index (χ1v) is 8.94. The number of para-hydroxylation sites is 1. The molecule has 0 amide bonds. The van der Waals surface area contributed by atoms with Crippen LogP contribution in [-0.2, 0) is 9.53 Å². The first-order chi connectivity index (χ1) is 13.1. The lowest BCUT2D eigenvalue weighted by Crippen LogP contribution is -2.36. The number of ether oxygens (including phenoxy) is 2. The van der Waals surface area contributed by atoms with E-state index in [0.717, 1.165) is 17.1 Å². The van der Waals surface area contributed by atoms with Crippen molar-refractivity contribution in [2.24, 2.45) is 0 Å². The summed E-state index contributed by atoms with van der Waals surface area (Å²) >= 11 is 5.46. The van der Waals surface area contributed by atoms with Crippen molar-refractivity contribution >= 4 is 34.6 Å². The van der Waals surface area contributed by atoms with Crippen molar-refractivity contribution in [3.8, 4) is 5.75 Å². The van der Waals surface area contributed by atoms with E-state index in [4.69, 9.17) is 21.7 Å². The molecule has 27 heavy (non-hydrogen) atoms. The summed E-state index contributed by atoms with van der Waals surface area (Å²) in [6.45, 7) is 1.84. The molecule has 1 unspecified atom stereocenters. The van der Waals surface area contributed by atoms with Crippen LogP contribution in [0.25, 0.3) is 0 Å². The number of methoxy groups -OCH3 is 1. The minimum atomic E-state index is -0.443. The highest BCUT2D eigenvalue weighted by atomic mass is 32.1. The zero-order chi connectivity index (χ0) is 19.2. The monoisotopic (exact) mass is 383 g/mol. The Kier molecular flexibility index (Phi) is 5.93. The Bertz CT molecular complexity index is 851. The van der Waals surface area contributed by atoms with Gasteiger partial charge in [0.2, 0.25) is 0 Å². The van der Waals surface area contributed by atoms with Crippen molar-refractivity contribution in [2.45, 2.75) is 19.4 Å². The SMILES string of the molecule is COc1ccc(NNC2=C(C(=S)Nc3ccccc3)C(=O)OC(C)C2)cc1. The van der Waals surface area contributed by atoms with Crippen molar-refractivity contribution in [3.05, 3.63) is 65.9 Å². The van der Waals surface area contributed by atoms with E-state index in [1.54, 1.807) is 7.11 Å². The Labute approximate surface area is 163 Å². The van der Waals surface area contributed by atoms with Crippen LogP contribution in [-0.4, -0.2) is 24.2 Å². The van der Waals surface area contributed by atoms with Gasteiger partial charge in [0.05, 0.1) is 18.5 Å². The van der Waals surface area contributed by atoms with E-state index in [1.165, 1.54) is 0 Å². The van der Waals surface area contributed by atoms with Crippen LogP contribution < -0.4 is 20.9 Å². The summed E-state index contributed by atoms with van der Waals surface area (Å²) in [6, 6.07) is 16.9. The molecular weight excluding hydrogens is 362 g/mol. The molecule has 3 rings (SSSR count). The summed E-state index contributed by atoms with van der Waals surface area (Å²) in [5.41, 5.74) is 8.86. The van der Waals surface area contributed by atoms with Crippen molar-refractivity contribution in [2.75, 3.05) is 17.9 Å². The minimum absolute atomic E-state index is 0.235. The molecule has 140 valence electrons. The normalized spacial score (nSPS) is 16.4. The molecule has 1 heterocycles. The van der Waals surface area contributed by atoms with Gasteiger partial charge in [-0.25, -0.2) is 4.79 Å². The standard InChI is InChI=1S/C20H21N3O3S/c1-13-12-17(23-22-15-8-10-16(25-2)11-9-15)18(20(24)26-13)19(27)21-14-6-4-3-5-7-14/h3-11,13,22-23H,12H2,1-2H3,(H,21,27). The summed E-state index contributed by atoms with van der Waals surface area (Å²) in [5.74, 6) is 0.324. The van der Waals surface area contributed by atoms with Crippen LogP contribution in [0.5, 0.6) is 5.75 Å². The molecule has 1 aliphatic heterocycles. The molecule has 0 saturated carbocycles. The fraction of sp³-hybridized carbons (Fsp3) is 0.200. The maximum Gasteiger partial charge on any atom is 0.343 e. The number of esters is 1. The van der Waals surface area contributed by atoms with E-state index in [9.17, 15) is 4.79 Å². The Balaban J connectivity index is 1.78. The predicted octanol–water partition coefficient (Wildman–Crippen LogP) is 3.64. The Morgan fingerprint density at radius 2 is 1.78 bits per heavy atom. The number of cyclic esters (lactones) is 1. The van der Waals surface area contributed by atoms with E-state index in [0.29, 0.717) is 22.7 Å². The van der Waals surface area contributed by atoms with E-state index < -0.39 is 5.97 Å². The van der Waals surface area contributed by atoms with Gasteiger partial charge in [-0.2, -0.15) is 0 Å². The number of nitrogens with one attached hydrogen (secondary N) is 3. The van der Waals surface area contributed by atoms with E-state index >= 15 is 0 Å². The number of thiocarbonyl (C=S) groups is 1. The van der Waals surface area contributed by atoms with Crippen molar-refractivity contribution < 1.29 is 14.3 Å². The summed E-state index contributed by atoms with van der Waals surface area (Å²) in [6.07, 6.45) is 0.293. The highest BCUT2D eigenvalue weighted by molar-refractivity contribution is 7.81. The van der Waals surface area contributed by atoms with Gasteiger partial charge in [0.1, 0.15) is 22.4 Å². The summed E-state index contributed by atoms with van der Waals surface area (Å²) in [5, 5.41) is 3.09. The zero-order valence-corrected chi connectivity index (χ0v) is 15.9. The maximum atomic E-state index is 12.4. The largest absolute Gasteiger partial charge is 0.497 e. The Hall–Kier alpha value is -3.06. The molecule has 1 aliphatic rings. The van der Waals surface area contributed by atoms with Gasteiger partial charge in [0, 0.05) is 12.1 Å². The predicted molar refractivity (Wildman–Crippen MR) is 110 cm³/mol. The molecule has 0 spiro atoms. The quantitative estimate of drug-likeness (QED) is 0.400. The third-order valence-electron chi connectivity index (χ3n) is 4.01. The second-order valence-electron chi connectivity index (χ2n) is 6.07. The Morgan fingerprint density at radius 3 is 2.44 bits per heavy atom. The average Bonchev–Trinajstić information content (AvgIpc) is 2.67. The van der Waals surface area contributed by atoms with Crippen LogP contribution in [0.15, 0.2) is 65.9 Å². The fourth-order valence-corrected chi connectivity index (χ4v) is 3.00. The average molecular weight is 383 g/mol. The smallest absolute Gasteiger partial charge is 0.343 e. The number of benzene rings is 2. The van der Waals surface area contributed by atoms with Crippen LogP contribution in [0.3, 0.4) is 0 Å². The number of hydrogen-bond acceptors (Lipinski definition) is 6. The first kappa shape index (κ1) is 18.7. The molecule has 0 bridgehead atoms. The van der Waals surface area contributed by atoms with E-state index in [1.807, 2.05) is 61.5 Å². The van der Waals surface area contributed by atoms with Gasteiger partial charge in [0.25, 0.3) is 0 Å². The molecule has 7 heteroatoms. The van der Waals surface area contributed by atoms with Crippen LogP contribution in [0.2, 0.25) is 0 Å². The van der Waals surface area contributed by atoms with Crippen molar-refractivity contribution in [3.63, 3.8) is 0 Å². The molecule has 2 aromatic carbocycles. The van der Waals surface area contributed by atoms with Gasteiger partial charge in [-0.1, -0.05) is 30.4 Å². The topological polar surface area (TPSA) is 71.6 Å². The molecule has 0 fully saturated rings.